The first-order valence-corrected chi connectivity index (χ1v) is 11.2. The molecule has 0 spiro atoms. The number of amides is 1. The minimum atomic E-state index is -0.443. The van der Waals surface area contributed by atoms with Crippen LogP contribution >= 0.6 is 27.7 Å². The Morgan fingerprint density at radius 2 is 2.14 bits per heavy atom. The number of rotatable bonds is 6. The molecule has 0 saturated carbocycles. The van der Waals surface area contributed by atoms with Crippen molar-refractivity contribution in [2.24, 2.45) is 0 Å². The molecule has 3 rings (SSSR count). The molecule has 1 aliphatic heterocycles. The molecule has 2 N–H and O–H groups in total. The monoisotopic (exact) mass is 465 g/mol. The standard InChI is InChI=1S/C20H24BrN3O3S/c1-13-16(18(26)23-19(22-13)28-2)6-7-17(25)24-20(8-10-27-11-9-20)14-4-3-5-15(21)12-14/h3-5,12H,6-11H2,1-2H3,(H,24,25)(H,22,23,26). The van der Waals surface area contributed by atoms with E-state index in [4.69, 9.17) is 4.74 Å². The minimum absolute atomic E-state index is 0.0744. The number of aryl methyl sites for hydroxylation is 1. The van der Waals surface area contributed by atoms with Crippen LogP contribution in [0.4, 0.5) is 0 Å². The Bertz CT molecular complexity index is 910. The van der Waals surface area contributed by atoms with E-state index in [1.54, 1.807) is 0 Å². The second-order valence-corrected chi connectivity index (χ2v) is 8.60. The first-order valence-electron chi connectivity index (χ1n) is 9.22. The molecule has 1 saturated heterocycles. The lowest BCUT2D eigenvalue weighted by atomic mass is 9.82. The van der Waals surface area contributed by atoms with Crippen LogP contribution in [0.3, 0.4) is 0 Å². The van der Waals surface area contributed by atoms with Crippen LogP contribution in [-0.4, -0.2) is 35.3 Å². The SMILES string of the molecule is CSc1nc(C)c(CCC(=O)NC2(c3cccc(Br)c3)CCOCC2)c(=O)[nH]1. The van der Waals surface area contributed by atoms with Gasteiger partial charge in [-0.3, -0.25) is 9.59 Å². The van der Waals surface area contributed by atoms with Crippen molar-refractivity contribution < 1.29 is 9.53 Å². The second kappa shape index (κ2) is 9.24. The van der Waals surface area contributed by atoms with Gasteiger partial charge in [0.25, 0.3) is 5.56 Å². The summed E-state index contributed by atoms with van der Waals surface area (Å²) in [6, 6.07) is 8.03. The minimum Gasteiger partial charge on any atom is -0.381 e. The zero-order valence-electron chi connectivity index (χ0n) is 16.0. The average Bonchev–Trinajstić information content (AvgIpc) is 2.68. The van der Waals surface area contributed by atoms with E-state index in [0.29, 0.717) is 36.0 Å². The van der Waals surface area contributed by atoms with E-state index >= 15 is 0 Å². The average molecular weight is 466 g/mol. The van der Waals surface area contributed by atoms with Crippen LogP contribution in [0.15, 0.2) is 38.7 Å². The second-order valence-electron chi connectivity index (χ2n) is 6.89. The summed E-state index contributed by atoms with van der Waals surface area (Å²) in [5, 5.41) is 3.82. The van der Waals surface area contributed by atoms with Crippen molar-refractivity contribution in [3.05, 3.63) is 55.9 Å². The van der Waals surface area contributed by atoms with Gasteiger partial charge in [-0.1, -0.05) is 39.8 Å². The highest BCUT2D eigenvalue weighted by Crippen LogP contribution is 2.33. The van der Waals surface area contributed by atoms with Crippen molar-refractivity contribution >= 4 is 33.6 Å². The molecular weight excluding hydrogens is 442 g/mol. The maximum Gasteiger partial charge on any atom is 0.254 e. The third-order valence-corrected chi connectivity index (χ3v) is 6.17. The van der Waals surface area contributed by atoms with E-state index in [-0.39, 0.29) is 17.9 Å². The lowest BCUT2D eigenvalue weighted by molar-refractivity contribution is -0.124. The van der Waals surface area contributed by atoms with Gasteiger partial charge in [-0.25, -0.2) is 4.98 Å². The van der Waals surface area contributed by atoms with Crippen molar-refractivity contribution in [1.29, 1.82) is 0 Å². The molecule has 1 aromatic carbocycles. The quantitative estimate of drug-likeness (QED) is 0.504. The van der Waals surface area contributed by atoms with Gasteiger partial charge in [0.05, 0.1) is 5.54 Å². The number of nitrogens with one attached hydrogen (secondary N) is 2. The van der Waals surface area contributed by atoms with Crippen LogP contribution in [0.2, 0.25) is 0 Å². The largest absolute Gasteiger partial charge is 0.381 e. The molecule has 150 valence electrons. The fourth-order valence-electron chi connectivity index (χ4n) is 3.54. The topological polar surface area (TPSA) is 84.1 Å². The summed E-state index contributed by atoms with van der Waals surface area (Å²) in [4.78, 5) is 32.2. The number of carbonyl (C=O) groups excluding carboxylic acids is 1. The van der Waals surface area contributed by atoms with E-state index in [2.05, 4.69) is 31.2 Å². The van der Waals surface area contributed by atoms with Gasteiger partial charge in [-0.05, 0) is 50.1 Å². The zero-order valence-corrected chi connectivity index (χ0v) is 18.4. The van der Waals surface area contributed by atoms with E-state index in [1.165, 1.54) is 11.8 Å². The first kappa shape index (κ1) is 21.1. The molecule has 0 aliphatic carbocycles. The summed E-state index contributed by atoms with van der Waals surface area (Å²) < 4.78 is 6.50. The van der Waals surface area contributed by atoms with Crippen LogP contribution in [0.25, 0.3) is 0 Å². The Hall–Kier alpha value is -1.64. The van der Waals surface area contributed by atoms with Crippen molar-refractivity contribution in [2.45, 2.75) is 43.3 Å². The predicted octanol–water partition coefficient (Wildman–Crippen LogP) is 3.32. The third-order valence-electron chi connectivity index (χ3n) is 5.10. The van der Waals surface area contributed by atoms with Crippen LogP contribution < -0.4 is 10.9 Å². The van der Waals surface area contributed by atoms with E-state index in [9.17, 15) is 9.59 Å². The Labute approximate surface area is 177 Å². The molecule has 8 heteroatoms. The molecule has 28 heavy (non-hydrogen) atoms. The van der Waals surface area contributed by atoms with Crippen molar-refractivity contribution in [2.75, 3.05) is 19.5 Å². The number of thioether (sulfide) groups is 1. The van der Waals surface area contributed by atoms with E-state index in [0.717, 1.165) is 22.9 Å². The first-order chi connectivity index (χ1) is 13.4. The molecule has 6 nitrogen and oxygen atoms in total. The van der Waals surface area contributed by atoms with Crippen LogP contribution in [-0.2, 0) is 21.5 Å². The Morgan fingerprint density at radius 1 is 1.39 bits per heavy atom. The lowest BCUT2D eigenvalue weighted by Crippen LogP contribution is -2.49. The highest BCUT2D eigenvalue weighted by Gasteiger charge is 2.36. The highest BCUT2D eigenvalue weighted by atomic mass is 79.9. The summed E-state index contributed by atoms with van der Waals surface area (Å²) in [5.41, 5.74) is 1.70. The fraction of sp³-hybridized carbons (Fsp3) is 0.450. The number of carbonyl (C=O) groups is 1. The number of aromatic nitrogens is 2. The van der Waals surface area contributed by atoms with Crippen molar-refractivity contribution in [3.8, 4) is 0 Å². The van der Waals surface area contributed by atoms with Gasteiger partial charge in [0, 0.05) is 35.4 Å². The number of ether oxygens (including phenoxy) is 1. The summed E-state index contributed by atoms with van der Waals surface area (Å²) in [6.45, 7) is 3.01. The van der Waals surface area contributed by atoms with Gasteiger partial charge in [-0.2, -0.15) is 0 Å². The molecule has 2 heterocycles. The van der Waals surface area contributed by atoms with E-state index < -0.39 is 5.54 Å². The van der Waals surface area contributed by atoms with Crippen molar-refractivity contribution in [1.82, 2.24) is 15.3 Å². The van der Waals surface area contributed by atoms with Gasteiger partial charge in [-0.15, -0.1) is 0 Å². The van der Waals surface area contributed by atoms with Gasteiger partial charge in [0.1, 0.15) is 0 Å². The molecule has 1 aliphatic rings. The Morgan fingerprint density at radius 3 is 2.79 bits per heavy atom. The molecule has 0 radical (unpaired) electrons. The smallest absolute Gasteiger partial charge is 0.254 e. The fourth-order valence-corrected chi connectivity index (χ4v) is 4.36. The normalized spacial score (nSPS) is 16.0. The molecule has 1 amide bonds. The number of hydrogen-bond donors (Lipinski definition) is 2. The van der Waals surface area contributed by atoms with Gasteiger partial charge < -0.3 is 15.0 Å². The molecule has 0 bridgehead atoms. The van der Waals surface area contributed by atoms with E-state index in [1.807, 2.05) is 37.4 Å². The predicted molar refractivity (Wildman–Crippen MR) is 114 cm³/mol. The molecule has 1 aromatic heterocycles. The van der Waals surface area contributed by atoms with Crippen LogP contribution in [0.1, 0.15) is 36.1 Å². The van der Waals surface area contributed by atoms with Gasteiger partial charge >= 0.3 is 0 Å². The molecule has 0 unspecified atom stereocenters. The van der Waals surface area contributed by atoms with Gasteiger partial charge in [0.15, 0.2) is 5.16 Å². The maximum absolute atomic E-state index is 12.8. The highest BCUT2D eigenvalue weighted by molar-refractivity contribution is 9.10. The van der Waals surface area contributed by atoms with Crippen LogP contribution in [0.5, 0.6) is 0 Å². The molecule has 0 atom stereocenters. The molecule has 2 aromatic rings. The van der Waals surface area contributed by atoms with Crippen molar-refractivity contribution in [3.63, 3.8) is 0 Å². The number of halogens is 1. The number of nitrogens with zero attached hydrogens (tertiary/aromatic N) is 1. The maximum atomic E-state index is 12.8. The third kappa shape index (κ3) is 4.85. The zero-order chi connectivity index (χ0) is 20.1. The molecule has 1 fully saturated rings. The summed E-state index contributed by atoms with van der Waals surface area (Å²) in [5.74, 6) is -0.0744. The number of hydrogen-bond acceptors (Lipinski definition) is 5. The summed E-state index contributed by atoms with van der Waals surface area (Å²) in [7, 11) is 0. The Balaban J connectivity index is 1.74. The lowest BCUT2D eigenvalue weighted by Gasteiger charge is -2.38. The number of H-pyrrole nitrogens is 1. The summed E-state index contributed by atoms with van der Waals surface area (Å²) in [6.07, 6.45) is 3.90. The number of benzene rings is 1. The van der Waals surface area contributed by atoms with Gasteiger partial charge in [0.2, 0.25) is 5.91 Å². The number of aromatic amines is 1. The van der Waals surface area contributed by atoms with Crippen LogP contribution in [0, 0.1) is 6.92 Å². The Kier molecular flexibility index (Phi) is 6.95. The summed E-state index contributed by atoms with van der Waals surface area (Å²) >= 11 is 4.91. The molecular formula is C20H24BrN3O3S.